The van der Waals surface area contributed by atoms with E-state index in [1.54, 1.807) is 0 Å². The predicted octanol–water partition coefficient (Wildman–Crippen LogP) is 0.174. The zero-order chi connectivity index (χ0) is 9.42. The van der Waals surface area contributed by atoms with Crippen molar-refractivity contribution in [3.8, 4) is 0 Å². The van der Waals surface area contributed by atoms with E-state index in [4.69, 9.17) is 15.9 Å². The van der Waals surface area contributed by atoms with Gasteiger partial charge >= 0.3 is 0 Å². The van der Waals surface area contributed by atoms with E-state index >= 15 is 0 Å². The second kappa shape index (κ2) is 3.27. The third kappa shape index (κ3) is 1.44. The summed E-state index contributed by atoms with van der Waals surface area (Å²) < 4.78 is 5.46. The molecule has 0 spiro atoms. The Hall–Kier alpha value is -0.610. The van der Waals surface area contributed by atoms with Gasteiger partial charge in [-0.25, -0.2) is 0 Å². The number of fused-ring (bicyclic) bond motifs is 2. The maximum atomic E-state index is 7.44. The van der Waals surface area contributed by atoms with Crippen molar-refractivity contribution >= 4 is 5.84 Å². The van der Waals surface area contributed by atoms with Gasteiger partial charge in [0, 0.05) is 12.1 Å². The number of rotatable bonds is 2. The normalized spacial score (nSPS) is 36.1. The van der Waals surface area contributed by atoms with Gasteiger partial charge < -0.3 is 10.5 Å². The first-order chi connectivity index (χ1) is 6.20. The van der Waals surface area contributed by atoms with Gasteiger partial charge in [0.2, 0.25) is 0 Å². The van der Waals surface area contributed by atoms with Gasteiger partial charge in [0.25, 0.3) is 0 Å². The highest BCUT2D eigenvalue weighted by Crippen LogP contribution is 2.30. The Morgan fingerprint density at radius 3 is 2.46 bits per heavy atom. The molecule has 4 heteroatoms. The summed E-state index contributed by atoms with van der Waals surface area (Å²) in [6.07, 6.45) is 2.39. The Morgan fingerprint density at radius 1 is 1.46 bits per heavy atom. The molecule has 2 aliphatic rings. The molecule has 0 saturated carbocycles. The first kappa shape index (κ1) is 8.97. The topological polar surface area (TPSA) is 62.3 Å². The molecule has 3 atom stereocenters. The first-order valence-electron chi connectivity index (χ1n) is 4.89. The lowest BCUT2D eigenvalue weighted by molar-refractivity contribution is -0.0213. The van der Waals surface area contributed by atoms with Crippen LogP contribution in [-0.4, -0.2) is 42.1 Å². The van der Waals surface area contributed by atoms with Gasteiger partial charge in [-0.1, -0.05) is 0 Å². The molecule has 0 aromatic carbocycles. The van der Waals surface area contributed by atoms with E-state index in [0.29, 0.717) is 12.1 Å². The van der Waals surface area contributed by atoms with Crippen LogP contribution in [0, 0.1) is 5.41 Å². The van der Waals surface area contributed by atoms with Crippen molar-refractivity contribution in [3.63, 3.8) is 0 Å². The summed E-state index contributed by atoms with van der Waals surface area (Å²) in [4.78, 5) is 2.35. The van der Waals surface area contributed by atoms with E-state index in [1.165, 1.54) is 12.8 Å². The van der Waals surface area contributed by atoms with Gasteiger partial charge in [-0.2, -0.15) is 0 Å². The van der Waals surface area contributed by atoms with Gasteiger partial charge in [-0.05, 0) is 19.8 Å². The van der Waals surface area contributed by atoms with Gasteiger partial charge in [0.05, 0.1) is 19.3 Å². The molecule has 0 aromatic heterocycles. The maximum absolute atomic E-state index is 7.44. The first-order valence-corrected chi connectivity index (χ1v) is 4.89. The van der Waals surface area contributed by atoms with Gasteiger partial charge in [0.1, 0.15) is 5.84 Å². The summed E-state index contributed by atoms with van der Waals surface area (Å²) in [6.45, 7) is 3.64. The molecule has 0 aliphatic carbocycles. The van der Waals surface area contributed by atoms with Gasteiger partial charge in [0.15, 0.2) is 0 Å². The lowest BCUT2D eigenvalue weighted by Crippen LogP contribution is -2.54. The summed E-state index contributed by atoms with van der Waals surface area (Å²) in [6, 6.07) is 1.08. The Balaban J connectivity index is 2.10. The van der Waals surface area contributed by atoms with Crippen LogP contribution in [0.1, 0.15) is 19.8 Å². The summed E-state index contributed by atoms with van der Waals surface area (Å²) in [5.41, 5.74) is 5.52. The van der Waals surface area contributed by atoms with Crippen LogP contribution in [0.4, 0.5) is 0 Å². The highest BCUT2D eigenvalue weighted by atomic mass is 16.5. The summed E-state index contributed by atoms with van der Waals surface area (Å²) >= 11 is 0. The molecule has 74 valence electrons. The highest BCUT2D eigenvalue weighted by molar-refractivity contribution is 5.82. The van der Waals surface area contributed by atoms with Gasteiger partial charge in [-0.3, -0.25) is 10.3 Å². The number of morpholine rings is 1. The number of hydrogen-bond donors (Lipinski definition) is 2. The third-order valence-corrected chi connectivity index (χ3v) is 3.19. The molecule has 0 amide bonds. The number of nitrogens with one attached hydrogen (secondary N) is 1. The standard InChI is InChI=1S/C9H17N3O/c1-6(9(10)11)12-7-2-3-8(12)5-13-4-7/h6-8H,2-5H2,1H3,(H3,10,11). The highest BCUT2D eigenvalue weighted by Gasteiger charge is 2.40. The SMILES string of the molecule is CC(C(=N)N)N1C2CCC1COC2. The van der Waals surface area contributed by atoms with Crippen LogP contribution < -0.4 is 5.73 Å². The van der Waals surface area contributed by atoms with Crippen LogP contribution in [0.25, 0.3) is 0 Å². The van der Waals surface area contributed by atoms with Crippen molar-refractivity contribution in [1.29, 1.82) is 5.41 Å². The molecule has 2 fully saturated rings. The molecule has 2 aliphatic heterocycles. The molecule has 3 N–H and O–H groups in total. The minimum Gasteiger partial charge on any atom is -0.386 e. The van der Waals surface area contributed by atoms with E-state index in [-0.39, 0.29) is 11.9 Å². The zero-order valence-electron chi connectivity index (χ0n) is 7.99. The minimum atomic E-state index is 0.0846. The fourth-order valence-corrected chi connectivity index (χ4v) is 2.45. The molecule has 2 saturated heterocycles. The number of ether oxygens (including phenoxy) is 1. The Morgan fingerprint density at radius 2 is 2.00 bits per heavy atom. The van der Waals surface area contributed by atoms with Crippen LogP contribution in [0.15, 0.2) is 0 Å². The van der Waals surface area contributed by atoms with Crippen molar-refractivity contribution < 1.29 is 4.74 Å². The smallest absolute Gasteiger partial charge is 0.108 e. The van der Waals surface area contributed by atoms with Crippen LogP contribution >= 0.6 is 0 Å². The van der Waals surface area contributed by atoms with Crippen molar-refractivity contribution in [2.75, 3.05) is 13.2 Å². The summed E-state index contributed by atoms with van der Waals surface area (Å²) in [5, 5.41) is 7.44. The molecule has 4 nitrogen and oxygen atoms in total. The minimum absolute atomic E-state index is 0.0846. The zero-order valence-corrected chi connectivity index (χ0v) is 7.99. The molecule has 2 heterocycles. The van der Waals surface area contributed by atoms with E-state index in [0.717, 1.165) is 13.2 Å². The lowest BCUT2D eigenvalue weighted by Gasteiger charge is -2.38. The molecule has 2 rings (SSSR count). The fraction of sp³-hybridized carbons (Fsp3) is 0.889. The average Bonchev–Trinajstić information content (AvgIpc) is 2.34. The number of hydrogen-bond acceptors (Lipinski definition) is 3. The summed E-state index contributed by atoms with van der Waals surface area (Å²) in [7, 11) is 0. The maximum Gasteiger partial charge on any atom is 0.108 e. The molecular weight excluding hydrogens is 166 g/mol. The monoisotopic (exact) mass is 183 g/mol. The number of nitrogens with zero attached hydrogens (tertiary/aromatic N) is 1. The molecule has 13 heavy (non-hydrogen) atoms. The van der Waals surface area contributed by atoms with Crippen LogP contribution in [-0.2, 0) is 4.74 Å². The summed E-state index contributed by atoms with van der Waals surface area (Å²) in [5.74, 6) is 0.277. The van der Waals surface area contributed by atoms with E-state index in [2.05, 4.69) is 4.90 Å². The quantitative estimate of drug-likeness (QED) is 0.474. The number of amidine groups is 1. The molecular formula is C9H17N3O. The Bertz CT molecular complexity index is 203. The molecule has 0 aromatic rings. The largest absolute Gasteiger partial charge is 0.386 e. The van der Waals surface area contributed by atoms with Crippen LogP contribution in [0.2, 0.25) is 0 Å². The van der Waals surface area contributed by atoms with E-state index < -0.39 is 0 Å². The molecule has 2 bridgehead atoms. The molecule has 3 unspecified atom stereocenters. The van der Waals surface area contributed by atoms with Crippen molar-refractivity contribution in [2.24, 2.45) is 5.73 Å². The Labute approximate surface area is 78.5 Å². The van der Waals surface area contributed by atoms with E-state index in [9.17, 15) is 0 Å². The second-order valence-electron chi connectivity index (χ2n) is 4.00. The lowest BCUT2D eigenvalue weighted by atomic mass is 10.1. The Kier molecular flexibility index (Phi) is 2.26. The van der Waals surface area contributed by atoms with Gasteiger partial charge in [-0.15, -0.1) is 0 Å². The number of nitrogens with two attached hydrogens (primary N) is 1. The van der Waals surface area contributed by atoms with E-state index in [1.807, 2.05) is 6.92 Å². The van der Waals surface area contributed by atoms with Crippen LogP contribution in [0.3, 0.4) is 0 Å². The van der Waals surface area contributed by atoms with Crippen molar-refractivity contribution in [1.82, 2.24) is 4.90 Å². The van der Waals surface area contributed by atoms with Crippen molar-refractivity contribution in [3.05, 3.63) is 0 Å². The van der Waals surface area contributed by atoms with Crippen molar-refractivity contribution in [2.45, 2.75) is 37.9 Å². The van der Waals surface area contributed by atoms with Crippen LogP contribution in [0.5, 0.6) is 0 Å². The third-order valence-electron chi connectivity index (χ3n) is 3.19. The second-order valence-corrected chi connectivity index (χ2v) is 4.00. The predicted molar refractivity (Wildman–Crippen MR) is 50.8 cm³/mol. The fourth-order valence-electron chi connectivity index (χ4n) is 2.45. The molecule has 0 radical (unpaired) electrons. The average molecular weight is 183 g/mol.